The summed E-state index contributed by atoms with van der Waals surface area (Å²) < 4.78 is 32.8. The van der Waals surface area contributed by atoms with E-state index < -0.39 is 10.4 Å². The largest absolute Gasteiger partial charge is 0.397 e. The second-order valence-corrected chi connectivity index (χ2v) is 3.63. The van der Waals surface area contributed by atoms with E-state index in [0.29, 0.717) is 0 Å². The van der Waals surface area contributed by atoms with Gasteiger partial charge in [-0.05, 0) is 13.8 Å². The van der Waals surface area contributed by atoms with Gasteiger partial charge in [0, 0.05) is 12.1 Å². The summed E-state index contributed by atoms with van der Waals surface area (Å²) in [6, 6.07) is 6.08. The van der Waals surface area contributed by atoms with Gasteiger partial charge >= 0.3 is 10.4 Å². The third-order valence-electron chi connectivity index (χ3n) is 1.41. The summed E-state index contributed by atoms with van der Waals surface area (Å²) in [5, 5.41) is 0. The normalized spacial score (nSPS) is 10.3. The minimum atomic E-state index is -4.17. The fourth-order valence-electron chi connectivity index (χ4n) is 0.794. The molecule has 0 saturated carbocycles. The van der Waals surface area contributed by atoms with E-state index in [1.165, 1.54) is 6.92 Å². The number of pyridine rings is 1. The Morgan fingerprint density at radius 2 is 1.73 bits per heavy atom. The number of hydrogen-bond donors (Lipinski definition) is 1. The molecule has 0 spiro atoms. The van der Waals surface area contributed by atoms with E-state index in [1.54, 1.807) is 0 Å². The highest BCUT2D eigenvalue weighted by atomic mass is 32.3. The lowest BCUT2D eigenvalue weighted by atomic mass is 10.5. The maximum atomic E-state index is 9.56. The van der Waals surface area contributed by atoms with Crippen molar-refractivity contribution in [1.82, 2.24) is 0 Å². The van der Waals surface area contributed by atoms with Gasteiger partial charge in [0.1, 0.15) is 6.54 Å². The van der Waals surface area contributed by atoms with Crippen LogP contribution in [0, 0.1) is 0 Å². The second-order valence-electron chi connectivity index (χ2n) is 2.54. The van der Waals surface area contributed by atoms with Gasteiger partial charge in [-0.15, -0.1) is 0 Å². The van der Waals surface area contributed by atoms with Gasteiger partial charge in [-0.1, -0.05) is 6.07 Å². The predicted octanol–water partition coefficient (Wildman–Crippen LogP) is 0.820. The molecule has 0 amide bonds. The molecule has 1 aromatic heterocycles. The molecule has 0 atom stereocenters. The Morgan fingerprint density at radius 1 is 1.20 bits per heavy atom. The van der Waals surface area contributed by atoms with E-state index in [2.05, 4.69) is 28.1 Å². The van der Waals surface area contributed by atoms with E-state index >= 15 is 0 Å². The highest BCUT2D eigenvalue weighted by molar-refractivity contribution is 7.80. The lowest BCUT2D eigenvalue weighted by Crippen LogP contribution is -2.30. The Bertz CT molecular complexity index is 350. The molecule has 86 valence electrons. The molecule has 0 aromatic carbocycles. The van der Waals surface area contributed by atoms with Gasteiger partial charge in [-0.25, -0.2) is 8.75 Å². The van der Waals surface area contributed by atoms with E-state index in [-0.39, 0.29) is 6.61 Å². The maximum Gasteiger partial charge on any atom is 0.397 e. The minimum absolute atomic E-state index is 0.0289. The quantitative estimate of drug-likeness (QED) is 0.621. The van der Waals surface area contributed by atoms with Crippen molar-refractivity contribution in [2.75, 3.05) is 6.61 Å². The minimum Gasteiger partial charge on any atom is -0.264 e. The van der Waals surface area contributed by atoms with Crippen LogP contribution in [0.5, 0.6) is 0 Å². The molecule has 6 heteroatoms. The van der Waals surface area contributed by atoms with Gasteiger partial charge in [-0.2, -0.15) is 8.42 Å². The van der Waals surface area contributed by atoms with Crippen molar-refractivity contribution in [3.63, 3.8) is 0 Å². The van der Waals surface area contributed by atoms with Crippen molar-refractivity contribution >= 4 is 10.4 Å². The number of hydrogen-bond acceptors (Lipinski definition) is 3. The molecule has 0 bridgehead atoms. The Labute approximate surface area is 90.3 Å². The molecule has 1 heterocycles. The third-order valence-corrected chi connectivity index (χ3v) is 1.94. The first-order chi connectivity index (χ1) is 6.99. The van der Waals surface area contributed by atoms with Crippen molar-refractivity contribution in [3.05, 3.63) is 30.6 Å². The van der Waals surface area contributed by atoms with Crippen molar-refractivity contribution in [3.8, 4) is 0 Å². The molecule has 15 heavy (non-hydrogen) atoms. The van der Waals surface area contributed by atoms with E-state index in [0.717, 1.165) is 6.54 Å². The molecular formula is C9H16NO4S+. The highest BCUT2D eigenvalue weighted by Crippen LogP contribution is 1.81. The zero-order chi connectivity index (χ0) is 11.7. The van der Waals surface area contributed by atoms with Crippen LogP contribution in [-0.4, -0.2) is 19.6 Å². The lowest BCUT2D eigenvalue weighted by Gasteiger charge is -1.88. The molecule has 0 aliphatic heterocycles. The summed E-state index contributed by atoms with van der Waals surface area (Å²) in [6.07, 6.45) is 4.11. The number of rotatable bonds is 3. The molecule has 0 fully saturated rings. The lowest BCUT2D eigenvalue weighted by molar-refractivity contribution is -0.693. The summed E-state index contributed by atoms with van der Waals surface area (Å²) in [6.45, 7) is 4.62. The zero-order valence-corrected chi connectivity index (χ0v) is 9.64. The van der Waals surface area contributed by atoms with Crippen LogP contribution >= 0.6 is 0 Å². The van der Waals surface area contributed by atoms with Crippen LogP contribution < -0.4 is 4.57 Å². The Kier molecular flexibility index (Phi) is 6.85. The van der Waals surface area contributed by atoms with E-state index in [1.807, 2.05) is 18.2 Å². The second kappa shape index (κ2) is 7.33. The molecular weight excluding hydrogens is 218 g/mol. The molecule has 0 saturated heterocycles. The summed E-state index contributed by atoms with van der Waals surface area (Å²) in [4.78, 5) is 0. The van der Waals surface area contributed by atoms with Crippen molar-refractivity contribution in [1.29, 1.82) is 0 Å². The van der Waals surface area contributed by atoms with Crippen LogP contribution in [0.1, 0.15) is 13.8 Å². The first kappa shape index (κ1) is 14.0. The Morgan fingerprint density at radius 3 is 1.93 bits per heavy atom. The van der Waals surface area contributed by atoms with Gasteiger partial charge < -0.3 is 0 Å². The van der Waals surface area contributed by atoms with Gasteiger partial charge in [0.25, 0.3) is 0 Å². The van der Waals surface area contributed by atoms with Crippen LogP contribution in [0.3, 0.4) is 0 Å². The van der Waals surface area contributed by atoms with Crippen molar-refractivity contribution < 1.29 is 21.7 Å². The summed E-state index contributed by atoms with van der Waals surface area (Å²) in [7, 11) is -4.17. The van der Waals surface area contributed by atoms with E-state index in [4.69, 9.17) is 4.55 Å². The van der Waals surface area contributed by atoms with Gasteiger partial charge in [-0.3, -0.25) is 4.55 Å². The smallest absolute Gasteiger partial charge is 0.264 e. The molecule has 0 radical (unpaired) electrons. The molecule has 1 aromatic rings. The first-order valence-corrected chi connectivity index (χ1v) is 5.92. The van der Waals surface area contributed by atoms with Crippen LogP contribution in [0.2, 0.25) is 0 Å². The van der Waals surface area contributed by atoms with Gasteiger partial charge in [0.05, 0.1) is 6.61 Å². The molecule has 1 N–H and O–H groups in total. The van der Waals surface area contributed by atoms with E-state index in [9.17, 15) is 8.42 Å². The maximum absolute atomic E-state index is 9.56. The third kappa shape index (κ3) is 9.33. The first-order valence-electron chi connectivity index (χ1n) is 4.55. The zero-order valence-electron chi connectivity index (χ0n) is 8.83. The van der Waals surface area contributed by atoms with Crippen molar-refractivity contribution in [2.24, 2.45) is 0 Å². The molecule has 0 aliphatic rings. The fraction of sp³-hybridized carbons (Fsp3) is 0.444. The van der Waals surface area contributed by atoms with Crippen LogP contribution in [0.15, 0.2) is 30.6 Å². The number of nitrogens with zero attached hydrogens (tertiary/aromatic N) is 1. The summed E-state index contributed by atoms with van der Waals surface area (Å²) in [5.41, 5.74) is 0. The topological polar surface area (TPSA) is 67.5 Å². The SMILES string of the molecule is CCOS(=O)(=O)O.CC[n+]1ccccc1. The Hall–Kier alpha value is -0.980. The summed E-state index contributed by atoms with van der Waals surface area (Å²) in [5.74, 6) is 0. The average Bonchev–Trinajstić information content (AvgIpc) is 2.18. The monoisotopic (exact) mass is 234 g/mol. The summed E-state index contributed by atoms with van der Waals surface area (Å²) >= 11 is 0. The standard InChI is InChI=1S/C7H10N.C2H6O4S/c1-2-8-6-4-3-5-7-8;1-2-6-7(3,4)5/h3-7H,2H2,1H3;2H2,1H3,(H,3,4,5)/q+1;. The van der Waals surface area contributed by atoms with Crippen LogP contribution in [0.4, 0.5) is 0 Å². The van der Waals surface area contributed by atoms with Crippen LogP contribution in [-0.2, 0) is 21.1 Å². The molecule has 0 unspecified atom stereocenters. The number of aromatic nitrogens is 1. The van der Waals surface area contributed by atoms with Gasteiger partial charge in [0.15, 0.2) is 12.4 Å². The Balaban J connectivity index is 0.000000265. The van der Waals surface area contributed by atoms with Crippen molar-refractivity contribution in [2.45, 2.75) is 20.4 Å². The fourth-order valence-corrected chi connectivity index (χ4v) is 1.09. The molecule has 0 aliphatic carbocycles. The highest BCUT2D eigenvalue weighted by Gasteiger charge is 1.98. The predicted molar refractivity (Wildman–Crippen MR) is 55.5 cm³/mol. The molecule has 5 nitrogen and oxygen atoms in total. The average molecular weight is 234 g/mol. The molecule has 1 rings (SSSR count). The van der Waals surface area contributed by atoms with Gasteiger partial charge in [0.2, 0.25) is 0 Å². The number of aryl methyl sites for hydroxylation is 1. The van der Waals surface area contributed by atoms with Crippen LogP contribution in [0.25, 0.3) is 0 Å².